The fraction of sp³-hybridized carbons (Fsp3) is 0.462. The van der Waals surface area contributed by atoms with Crippen molar-refractivity contribution >= 4 is 5.78 Å². The van der Waals surface area contributed by atoms with E-state index < -0.39 is 0 Å². The first kappa shape index (κ1) is 9.45. The molecule has 1 fully saturated rings. The van der Waals surface area contributed by atoms with Gasteiger partial charge in [0.2, 0.25) is 0 Å². The normalized spacial score (nSPS) is 22.4. The van der Waals surface area contributed by atoms with Crippen LogP contribution in [-0.2, 0) is 4.79 Å². The molecule has 1 saturated carbocycles. The standard InChI is InChI=1S/C13H16O/c1-10-5-7-11(8-6-10)12-3-2-4-13(14)9-12/h5-8,12H,2-4,9H2,1H3/t12-/m0/s1. The topological polar surface area (TPSA) is 17.1 Å². The molecule has 0 amide bonds. The summed E-state index contributed by atoms with van der Waals surface area (Å²) in [5.41, 5.74) is 2.62. The van der Waals surface area contributed by atoms with Gasteiger partial charge in [0.1, 0.15) is 5.78 Å². The summed E-state index contributed by atoms with van der Waals surface area (Å²) in [4.78, 5) is 11.3. The lowest BCUT2D eigenvalue weighted by Gasteiger charge is -2.21. The SMILES string of the molecule is Cc1ccc([C@H]2CCCC(=O)C2)cc1. The molecule has 0 aliphatic heterocycles. The molecule has 1 aliphatic carbocycles. The molecule has 0 bridgehead atoms. The van der Waals surface area contributed by atoms with Gasteiger partial charge in [-0.2, -0.15) is 0 Å². The molecule has 0 spiro atoms. The number of hydrogen-bond donors (Lipinski definition) is 0. The third-order valence-corrected chi connectivity index (χ3v) is 3.03. The minimum Gasteiger partial charge on any atom is -0.300 e. The van der Waals surface area contributed by atoms with Crippen LogP contribution in [0.1, 0.15) is 42.7 Å². The fourth-order valence-corrected chi connectivity index (χ4v) is 2.15. The molecule has 1 atom stereocenters. The van der Waals surface area contributed by atoms with Crippen molar-refractivity contribution in [2.24, 2.45) is 0 Å². The van der Waals surface area contributed by atoms with E-state index in [0.717, 1.165) is 19.3 Å². The third kappa shape index (κ3) is 2.03. The fourth-order valence-electron chi connectivity index (χ4n) is 2.15. The minimum absolute atomic E-state index is 0.432. The van der Waals surface area contributed by atoms with E-state index in [1.165, 1.54) is 17.5 Å². The van der Waals surface area contributed by atoms with E-state index in [0.29, 0.717) is 11.7 Å². The number of ketones is 1. The summed E-state index contributed by atoms with van der Waals surface area (Å²) in [5, 5.41) is 0. The quantitative estimate of drug-likeness (QED) is 0.661. The zero-order valence-electron chi connectivity index (χ0n) is 8.62. The zero-order valence-corrected chi connectivity index (χ0v) is 8.62. The van der Waals surface area contributed by atoms with E-state index in [4.69, 9.17) is 0 Å². The highest BCUT2D eigenvalue weighted by molar-refractivity contribution is 5.80. The van der Waals surface area contributed by atoms with Crippen LogP contribution in [0.25, 0.3) is 0 Å². The van der Waals surface area contributed by atoms with Gasteiger partial charge in [-0.15, -0.1) is 0 Å². The molecule has 0 radical (unpaired) electrons. The molecular weight excluding hydrogens is 172 g/mol. The summed E-state index contributed by atoms with van der Waals surface area (Å²) >= 11 is 0. The van der Waals surface area contributed by atoms with Crippen LogP contribution in [0.3, 0.4) is 0 Å². The van der Waals surface area contributed by atoms with Gasteiger partial charge in [-0.1, -0.05) is 29.8 Å². The molecule has 0 saturated heterocycles. The predicted molar refractivity (Wildman–Crippen MR) is 57.4 cm³/mol. The largest absolute Gasteiger partial charge is 0.300 e. The average molecular weight is 188 g/mol. The lowest BCUT2D eigenvalue weighted by Crippen LogP contribution is -2.13. The molecule has 0 unspecified atom stereocenters. The maximum atomic E-state index is 11.3. The van der Waals surface area contributed by atoms with Crippen LogP contribution >= 0.6 is 0 Å². The predicted octanol–water partition coefficient (Wildman–Crippen LogP) is 3.22. The first-order chi connectivity index (χ1) is 6.75. The van der Waals surface area contributed by atoms with Crippen LogP contribution in [0.15, 0.2) is 24.3 Å². The van der Waals surface area contributed by atoms with Crippen LogP contribution in [-0.4, -0.2) is 5.78 Å². The number of aryl methyl sites for hydroxylation is 1. The van der Waals surface area contributed by atoms with Crippen LogP contribution < -0.4 is 0 Å². The molecule has 74 valence electrons. The van der Waals surface area contributed by atoms with Gasteiger partial charge in [-0.05, 0) is 31.2 Å². The van der Waals surface area contributed by atoms with Crippen LogP contribution in [0.4, 0.5) is 0 Å². The van der Waals surface area contributed by atoms with Crippen molar-refractivity contribution < 1.29 is 4.79 Å². The molecule has 2 rings (SSSR count). The first-order valence-electron chi connectivity index (χ1n) is 5.34. The Kier molecular flexibility index (Phi) is 2.67. The number of benzene rings is 1. The minimum atomic E-state index is 0.432. The van der Waals surface area contributed by atoms with E-state index in [9.17, 15) is 4.79 Å². The number of rotatable bonds is 1. The highest BCUT2D eigenvalue weighted by Crippen LogP contribution is 2.30. The highest BCUT2D eigenvalue weighted by atomic mass is 16.1. The molecule has 0 heterocycles. The molecule has 0 N–H and O–H groups in total. The van der Waals surface area contributed by atoms with E-state index in [2.05, 4.69) is 31.2 Å². The second kappa shape index (κ2) is 3.95. The summed E-state index contributed by atoms with van der Waals surface area (Å²) in [7, 11) is 0. The maximum Gasteiger partial charge on any atom is 0.133 e. The van der Waals surface area contributed by atoms with Crippen molar-refractivity contribution in [1.82, 2.24) is 0 Å². The lowest BCUT2D eigenvalue weighted by atomic mass is 9.83. The second-order valence-corrected chi connectivity index (χ2v) is 4.24. The van der Waals surface area contributed by atoms with Gasteiger partial charge in [0.25, 0.3) is 0 Å². The van der Waals surface area contributed by atoms with Gasteiger partial charge in [-0.25, -0.2) is 0 Å². The van der Waals surface area contributed by atoms with Crippen molar-refractivity contribution in [3.63, 3.8) is 0 Å². The van der Waals surface area contributed by atoms with Gasteiger partial charge in [0.05, 0.1) is 0 Å². The summed E-state index contributed by atoms with van der Waals surface area (Å²) in [6, 6.07) is 8.60. The monoisotopic (exact) mass is 188 g/mol. The van der Waals surface area contributed by atoms with Gasteiger partial charge in [0.15, 0.2) is 0 Å². The van der Waals surface area contributed by atoms with Crippen LogP contribution in [0.2, 0.25) is 0 Å². The van der Waals surface area contributed by atoms with E-state index in [-0.39, 0.29) is 0 Å². The Bertz CT molecular complexity index is 324. The molecular formula is C13H16O. The first-order valence-corrected chi connectivity index (χ1v) is 5.34. The van der Waals surface area contributed by atoms with Crippen LogP contribution in [0, 0.1) is 6.92 Å². The number of Topliss-reactive ketones (excluding diaryl/α,β-unsaturated/α-hetero) is 1. The third-order valence-electron chi connectivity index (χ3n) is 3.03. The zero-order chi connectivity index (χ0) is 9.97. The van der Waals surface area contributed by atoms with Crippen molar-refractivity contribution in [1.29, 1.82) is 0 Å². The molecule has 1 aromatic carbocycles. The average Bonchev–Trinajstić information content (AvgIpc) is 2.19. The highest BCUT2D eigenvalue weighted by Gasteiger charge is 2.20. The lowest BCUT2D eigenvalue weighted by molar-refractivity contribution is -0.120. The van der Waals surface area contributed by atoms with Crippen LogP contribution in [0.5, 0.6) is 0 Å². The summed E-state index contributed by atoms with van der Waals surface area (Å²) < 4.78 is 0. The molecule has 1 nitrogen and oxygen atoms in total. The van der Waals surface area contributed by atoms with Gasteiger partial charge < -0.3 is 0 Å². The van der Waals surface area contributed by atoms with Gasteiger partial charge in [0, 0.05) is 12.8 Å². The maximum absolute atomic E-state index is 11.3. The van der Waals surface area contributed by atoms with E-state index in [1.54, 1.807) is 0 Å². The summed E-state index contributed by atoms with van der Waals surface area (Å²) in [5.74, 6) is 0.915. The number of carbonyl (C=O) groups excluding carboxylic acids is 1. The Hall–Kier alpha value is -1.11. The summed E-state index contributed by atoms with van der Waals surface area (Å²) in [6.45, 7) is 2.09. The number of hydrogen-bond acceptors (Lipinski definition) is 1. The molecule has 14 heavy (non-hydrogen) atoms. The second-order valence-electron chi connectivity index (χ2n) is 4.24. The molecule has 1 aliphatic rings. The van der Waals surface area contributed by atoms with Crippen molar-refractivity contribution in [3.8, 4) is 0 Å². The van der Waals surface area contributed by atoms with Crippen molar-refractivity contribution in [2.45, 2.75) is 38.5 Å². The Morgan fingerprint density at radius 3 is 2.57 bits per heavy atom. The molecule has 0 aromatic heterocycles. The molecule has 1 aromatic rings. The van der Waals surface area contributed by atoms with Gasteiger partial charge in [-0.3, -0.25) is 4.79 Å². The molecule has 1 heteroatoms. The number of carbonyl (C=O) groups is 1. The van der Waals surface area contributed by atoms with E-state index in [1.807, 2.05) is 0 Å². The Labute approximate surface area is 85.1 Å². The Balaban J connectivity index is 2.14. The van der Waals surface area contributed by atoms with E-state index >= 15 is 0 Å². The Morgan fingerprint density at radius 1 is 1.21 bits per heavy atom. The summed E-state index contributed by atoms with van der Waals surface area (Å²) in [6.07, 6.45) is 3.79. The van der Waals surface area contributed by atoms with Gasteiger partial charge >= 0.3 is 0 Å². The Morgan fingerprint density at radius 2 is 1.93 bits per heavy atom. The smallest absolute Gasteiger partial charge is 0.133 e. The van der Waals surface area contributed by atoms with Crippen molar-refractivity contribution in [3.05, 3.63) is 35.4 Å². The van der Waals surface area contributed by atoms with Crippen molar-refractivity contribution in [2.75, 3.05) is 0 Å².